The predicted octanol–water partition coefficient (Wildman–Crippen LogP) is 3.43. The van der Waals surface area contributed by atoms with Gasteiger partial charge < -0.3 is 10.2 Å². The first-order valence-electron chi connectivity index (χ1n) is 10.8. The Hall–Kier alpha value is -2.22. The molecule has 7 heteroatoms. The van der Waals surface area contributed by atoms with Crippen LogP contribution in [0.4, 0.5) is 0 Å². The van der Waals surface area contributed by atoms with E-state index in [1.54, 1.807) is 19.1 Å². The molecule has 3 rings (SSSR count). The molecule has 0 bridgehead atoms. The van der Waals surface area contributed by atoms with Gasteiger partial charge in [0.2, 0.25) is 10.0 Å². The number of piperazine rings is 1. The molecule has 31 heavy (non-hydrogen) atoms. The molecule has 0 spiro atoms. The highest BCUT2D eigenvalue weighted by Crippen LogP contribution is 2.25. The highest BCUT2D eigenvalue weighted by atomic mass is 32.2. The van der Waals surface area contributed by atoms with Gasteiger partial charge in [-0.15, -0.1) is 0 Å². The lowest BCUT2D eigenvalue weighted by molar-refractivity contribution is 0.0935. The number of carbonyl (C=O) groups excluding carboxylic acids is 1. The van der Waals surface area contributed by atoms with E-state index in [1.165, 1.54) is 15.9 Å². The van der Waals surface area contributed by atoms with Crippen molar-refractivity contribution >= 4 is 15.9 Å². The molecule has 1 aliphatic heterocycles. The number of amides is 1. The summed E-state index contributed by atoms with van der Waals surface area (Å²) in [4.78, 5) is 15.4. The average molecular weight is 444 g/mol. The van der Waals surface area contributed by atoms with Gasteiger partial charge in [-0.1, -0.05) is 36.8 Å². The predicted molar refractivity (Wildman–Crippen MR) is 124 cm³/mol. The molecular formula is C24H33N3O3S. The number of nitrogens with one attached hydrogen (secondary N) is 1. The molecule has 1 aliphatic rings. The summed E-state index contributed by atoms with van der Waals surface area (Å²) in [5.74, 6) is -0.262. The van der Waals surface area contributed by atoms with Gasteiger partial charge in [-0.2, -0.15) is 4.31 Å². The molecule has 6 nitrogen and oxygen atoms in total. The molecule has 0 radical (unpaired) electrons. The number of hydrogen-bond acceptors (Lipinski definition) is 4. The first kappa shape index (κ1) is 23.4. The summed E-state index contributed by atoms with van der Waals surface area (Å²) in [6, 6.07) is 11.0. The molecule has 1 unspecified atom stereocenters. The smallest absolute Gasteiger partial charge is 0.251 e. The van der Waals surface area contributed by atoms with E-state index < -0.39 is 10.0 Å². The zero-order valence-electron chi connectivity index (χ0n) is 19.1. The summed E-state index contributed by atoms with van der Waals surface area (Å²) in [6.07, 6.45) is 0.744. The van der Waals surface area contributed by atoms with Crippen molar-refractivity contribution in [2.75, 3.05) is 33.2 Å². The Morgan fingerprint density at radius 3 is 2.29 bits per heavy atom. The van der Waals surface area contributed by atoms with Gasteiger partial charge in [-0.25, -0.2) is 8.42 Å². The van der Waals surface area contributed by atoms with Crippen molar-refractivity contribution in [1.29, 1.82) is 0 Å². The van der Waals surface area contributed by atoms with E-state index in [1.807, 2.05) is 33.9 Å². The largest absolute Gasteiger partial charge is 0.345 e. The molecule has 0 aromatic heterocycles. The van der Waals surface area contributed by atoms with Crippen LogP contribution < -0.4 is 5.32 Å². The summed E-state index contributed by atoms with van der Waals surface area (Å²) in [7, 11) is -1.66. The average Bonchev–Trinajstić information content (AvgIpc) is 2.72. The van der Waals surface area contributed by atoms with E-state index in [2.05, 4.69) is 22.3 Å². The monoisotopic (exact) mass is 443 g/mol. The number of hydrogen-bond donors (Lipinski definition) is 1. The van der Waals surface area contributed by atoms with Crippen molar-refractivity contribution in [3.63, 3.8) is 0 Å². The number of rotatable bonds is 6. The van der Waals surface area contributed by atoms with Gasteiger partial charge in [0.05, 0.1) is 10.9 Å². The van der Waals surface area contributed by atoms with E-state index in [0.717, 1.165) is 17.5 Å². The maximum Gasteiger partial charge on any atom is 0.251 e. The van der Waals surface area contributed by atoms with Crippen molar-refractivity contribution in [2.45, 2.75) is 45.1 Å². The van der Waals surface area contributed by atoms with Crippen molar-refractivity contribution in [3.8, 4) is 0 Å². The van der Waals surface area contributed by atoms with E-state index in [-0.39, 0.29) is 16.8 Å². The fraction of sp³-hybridized carbons (Fsp3) is 0.458. The van der Waals surface area contributed by atoms with Gasteiger partial charge in [0, 0.05) is 31.7 Å². The topological polar surface area (TPSA) is 69.7 Å². The SMILES string of the molecule is CCC(NC(=O)c1ccc(C)c(S(=O)(=O)N2CCN(C)CC2)c1)c1ccc(C)cc1C. The molecule has 1 atom stereocenters. The van der Waals surface area contributed by atoms with Gasteiger partial charge in [0.25, 0.3) is 5.91 Å². The van der Waals surface area contributed by atoms with Crippen molar-refractivity contribution in [3.05, 3.63) is 64.2 Å². The minimum Gasteiger partial charge on any atom is -0.345 e. The zero-order valence-corrected chi connectivity index (χ0v) is 19.9. The molecule has 1 heterocycles. The number of carbonyl (C=O) groups is 1. The third-order valence-electron chi connectivity index (χ3n) is 6.04. The Morgan fingerprint density at radius 2 is 1.68 bits per heavy atom. The molecule has 2 aromatic carbocycles. The normalized spacial score (nSPS) is 16.8. The van der Waals surface area contributed by atoms with Crippen LogP contribution in [0, 0.1) is 20.8 Å². The fourth-order valence-electron chi connectivity index (χ4n) is 4.04. The highest BCUT2D eigenvalue weighted by Gasteiger charge is 2.29. The van der Waals surface area contributed by atoms with Crippen LogP contribution in [0.3, 0.4) is 0 Å². The second kappa shape index (κ2) is 9.51. The summed E-state index contributed by atoms with van der Waals surface area (Å²) < 4.78 is 28.0. The molecule has 1 amide bonds. The highest BCUT2D eigenvalue weighted by molar-refractivity contribution is 7.89. The van der Waals surface area contributed by atoms with Crippen LogP contribution in [-0.2, 0) is 10.0 Å². The molecule has 1 fully saturated rings. The van der Waals surface area contributed by atoms with Crippen molar-refractivity contribution in [2.24, 2.45) is 0 Å². The third kappa shape index (κ3) is 5.17. The molecule has 0 saturated carbocycles. The van der Waals surface area contributed by atoms with Crippen LogP contribution >= 0.6 is 0 Å². The third-order valence-corrected chi connectivity index (χ3v) is 8.09. The van der Waals surface area contributed by atoms with Gasteiger partial charge in [-0.05, 0) is 63.1 Å². The lowest BCUT2D eigenvalue weighted by atomic mass is 9.97. The number of benzene rings is 2. The first-order valence-corrected chi connectivity index (χ1v) is 12.2. The van der Waals surface area contributed by atoms with Crippen LogP contribution in [0.15, 0.2) is 41.3 Å². The zero-order chi connectivity index (χ0) is 22.8. The summed E-state index contributed by atoms with van der Waals surface area (Å²) in [5, 5.41) is 3.09. The number of sulfonamides is 1. The quantitative estimate of drug-likeness (QED) is 0.743. The van der Waals surface area contributed by atoms with Crippen LogP contribution in [0.1, 0.15) is 52.0 Å². The van der Waals surface area contributed by atoms with E-state index in [4.69, 9.17) is 0 Å². The molecule has 2 aromatic rings. The van der Waals surface area contributed by atoms with Crippen LogP contribution in [0.25, 0.3) is 0 Å². The van der Waals surface area contributed by atoms with Gasteiger partial charge in [-0.3, -0.25) is 4.79 Å². The van der Waals surface area contributed by atoms with Crippen LogP contribution in [-0.4, -0.2) is 56.8 Å². The van der Waals surface area contributed by atoms with Gasteiger partial charge in [0.1, 0.15) is 0 Å². The Labute approximate surface area is 186 Å². The molecule has 1 saturated heterocycles. The first-order chi connectivity index (χ1) is 14.6. The van der Waals surface area contributed by atoms with E-state index >= 15 is 0 Å². The van der Waals surface area contributed by atoms with E-state index in [0.29, 0.717) is 37.3 Å². The Bertz CT molecular complexity index is 1060. The number of nitrogens with zero attached hydrogens (tertiary/aromatic N) is 2. The minimum absolute atomic E-state index is 0.132. The standard InChI is InChI=1S/C24H33N3O3S/c1-6-22(21-10-7-17(2)15-19(21)4)25-24(28)20-9-8-18(3)23(16-20)31(29,30)27-13-11-26(5)12-14-27/h7-10,15-16,22H,6,11-14H2,1-5H3,(H,25,28). The Morgan fingerprint density at radius 1 is 1.00 bits per heavy atom. The Kier molecular flexibility index (Phi) is 7.19. The summed E-state index contributed by atoms with van der Waals surface area (Å²) in [5.41, 5.74) is 4.41. The van der Waals surface area contributed by atoms with Crippen LogP contribution in [0.2, 0.25) is 0 Å². The summed E-state index contributed by atoms with van der Waals surface area (Å²) >= 11 is 0. The molecule has 168 valence electrons. The maximum atomic E-state index is 13.2. The number of likely N-dealkylation sites (N-methyl/N-ethyl adjacent to an activating group) is 1. The Balaban J connectivity index is 1.85. The molecular weight excluding hydrogens is 410 g/mol. The fourth-order valence-corrected chi connectivity index (χ4v) is 5.72. The van der Waals surface area contributed by atoms with Crippen molar-refractivity contribution < 1.29 is 13.2 Å². The lowest BCUT2D eigenvalue weighted by Gasteiger charge is -2.32. The second-order valence-corrected chi connectivity index (χ2v) is 10.4. The lowest BCUT2D eigenvalue weighted by Crippen LogP contribution is -2.47. The van der Waals surface area contributed by atoms with Gasteiger partial charge in [0.15, 0.2) is 0 Å². The maximum absolute atomic E-state index is 13.2. The van der Waals surface area contributed by atoms with Gasteiger partial charge >= 0.3 is 0 Å². The minimum atomic E-state index is -3.64. The number of aryl methyl sites for hydroxylation is 3. The van der Waals surface area contributed by atoms with Crippen LogP contribution in [0.5, 0.6) is 0 Å². The molecule has 1 N–H and O–H groups in total. The summed E-state index contributed by atoms with van der Waals surface area (Å²) in [6.45, 7) is 10.2. The second-order valence-electron chi connectivity index (χ2n) is 8.48. The van der Waals surface area contributed by atoms with Crippen molar-refractivity contribution in [1.82, 2.24) is 14.5 Å². The van der Waals surface area contributed by atoms with E-state index in [9.17, 15) is 13.2 Å². The molecule has 0 aliphatic carbocycles.